The zero-order valence-electron chi connectivity index (χ0n) is 22.3. The molecule has 8 heteroatoms. The number of Topliss-reactive ketones (excluding diaryl/α,β-unsaturated/α-hetero) is 1. The average molecular weight is 566 g/mol. The van der Waals surface area contributed by atoms with Crippen LogP contribution in [-0.4, -0.2) is 38.5 Å². The van der Waals surface area contributed by atoms with Crippen molar-refractivity contribution in [3.63, 3.8) is 0 Å². The van der Waals surface area contributed by atoms with Crippen molar-refractivity contribution in [2.24, 2.45) is 40.4 Å². The Hall–Kier alpha value is -0.331. The van der Waals surface area contributed by atoms with Crippen LogP contribution in [0.4, 0.5) is 0 Å². The fraction of sp³-hybridized carbons (Fsp3) is 0.926. The molecule has 0 amide bonds. The zero-order chi connectivity index (χ0) is 26.8. The average Bonchev–Trinajstić information content (AvgIpc) is 3.42. The number of hydrogen-bond acceptors (Lipinski definition) is 6. The van der Waals surface area contributed by atoms with E-state index in [4.69, 9.17) is 19.4 Å². The van der Waals surface area contributed by atoms with Crippen LogP contribution in [-0.2, 0) is 34.2 Å². The minimum atomic E-state index is 0.214. The molecular formula is C27H46ClCuO6. The van der Waals surface area contributed by atoms with E-state index in [0.29, 0.717) is 47.1 Å². The second-order valence-corrected chi connectivity index (χ2v) is 11.5. The Bertz CT molecular complexity index is 666. The van der Waals surface area contributed by atoms with Gasteiger partial charge in [-0.2, -0.15) is 0 Å². The van der Waals surface area contributed by atoms with Crippen LogP contribution in [0.15, 0.2) is 0 Å². The van der Waals surface area contributed by atoms with E-state index < -0.39 is 0 Å². The summed E-state index contributed by atoms with van der Waals surface area (Å²) in [4.78, 5) is 36.7. The van der Waals surface area contributed by atoms with Crippen molar-refractivity contribution < 1.29 is 34.2 Å². The van der Waals surface area contributed by atoms with E-state index in [1.807, 2.05) is 14.2 Å². The van der Waals surface area contributed by atoms with Gasteiger partial charge in [0.05, 0.1) is 12.2 Å². The molecule has 8 unspecified atom stereocenters. The maximum absolute atomic E-state index is 11.7. The van der Waals surface area contributed by atoms with E-state index in [2.05, 4.69) is 46.0 Å². The molecule has 0 saturated heterocycles. The summed E-state index contributed by atoms with van der Waals surface area (Å²) >= 11 is 3.66. The molecule has 0 heterocycles. The number of carbonyl (C=O) groups excluding carboxylic acids is 2. The molecular weight excluding hydrogens is 519 g/mol. The zero-order valence-corrected chi connectivity index (χ0v) is 24.0. The molecule has 4 aliphatic rings. The molecule has 6 nitrogen and oxygen atoms in total. The molecule has 4 saturated carbocycles. The van der Waals surface area contributed by atoms with Crippen LogP contribution < -0.4 is 0 Å². The molecule has 0 aromatic carbocycles. The van der Waals surface area contributed by atoms with Crippen molar-refractivity contribution in [2.45, 2.75) is 104 Å². The first-order valence-electron chi connectivity index (χ1n) is 13.0. The number of halogens is 1. The third-order valence-corrected chi connectivity index (χ3v) is 10.1. The van der Waals surface area contributed by atoms with Crippen molar-refractivity contribution in [3.8, 4) is 0 Å². The Morgan fingerprint density at radius 1 is 0.886 bits per heavy atom. The Morgan fingerprint density at radius 3 is 1.80 bits per heavy atom. The summed E-state index contributed by atoms with van der Waals surface area (Å²) < 4.78 is 11.2. The van der Waals surface area contributed by atoms with Gasteiger partial charge in [-0.1, -0.05) is 33.6 Å². The summed E-state index contributed by atoms with van der Waals surface area (Å²) in [5.74, 6) is 2.76. The van der Waals surface area contributed by atoms with Gasteiger partial charge in [0.25, 0.3) is 0 Å². The summed E-state index contributed by atoms with van der Waals surface area (Å²) in [6, 6.07) is 0. The molecule has 0 aromatic rings. The van der Waals surface area contributed by atoms with Crippen LogP contribution in [0.2, 0.25) is 0 Å². The number of rotatable bonds is 5. The normalized spacial score (nSPS) is 40.3. The molecule has 35 heavy (non-hydrogen) atoms. The number of methoxy groups -OCH3 is 2. The number of carbonyl (C=O) groups is 2. The Labute approximate surface area is 224 Å². The number of fused-ring (bicyclic) bond motifs is 2. The summed E-state index contributed by atoms with van der Waals surface area (Å²) in [7, 11) is 7.86. The van der Waals surface area contributed by atoms with Gasteiger partial charge in [-0.25, -0.2) is 0 Å². The number of hydrogen-bond donors (Lipinski definition) is 0. The molecule has 4 aliphatic carbocycles. The number of aldehydes is 1. The first-order chi connectivity index (χ1) is 16.7. The van der Waals surface area contributed by atoms with E-state index in [-0.39, 0.29) is 11.3 Å². The number of ketones is 1. The van der Waals surface area contributed by atoms with E-state index in [1.54, 1.807) is 6.92 Å². The fourth-order valence-electron chi connectivity index (χ4n) is 8.47. The van der Waals surface area contributed by atoms with Gasteiger partial charge in [0.1, 0.15) is 12.1 Å². The van der Waals surface area contributed by atoms with Crippen molar-refractivity contribution in [3.05, 3.63) is 9.93 Å². The molecule has 0 bridgehead atoms. The summed E-state index contributed by atoms with van der Waals surface area (Å²) in [6.07, 6.45) is 14.0. The topological polar surface area (TPSA) is 86.7 Å². The van der Waals surface area contributed by atoms with Gasteiger partial charge in [-0.15, -0.1) is 0 Å². The predicted octanol–water partition coefficient (Wildman–Crippen LogP) is 6.61. The van der Waals surface area contributed by atoms with Gasteiger partial charge in [-0.05, 0) is 86.9 Å². The van der Waals surface area contributed by atoms with E-state index in [1.165, 1.54) is 57.8 Å². The second kappa shape index (κ2) is 15.2. The minimum absolute atomic E-state index is 0.214. The molecule has 0 aromatic heterocycles. The number of ether oxygens (including phenoxy) is 2. The van der Waals surface area contributed by atoms with Crippen LogP contribution in [0.3, 0.4) is 0 Å². The SMILES string of the molecule is COC1CCCC2(C)C(C(C)=O)CCC12.COC1CCCC2(C)C1CCC2[C@@H](C)C=O.O=O.[Cl][Cu]. The molecule has 208 valence electrons. The van der Waals surface area contributed by atoms with Crippen LogP contribution in [0.25, 0.3) is 0 Å². The van der Waals surface area contributed by atoms with E-state index in [9.17, 15) is 9.59 Å². The molecule has 0 aliphatic heterocycles. The van der Waals surface area contributed by atoms with E-state index in [0.717, 1.165) is 12.7 Å². The van der Waals surface area contributed by atoms with Crippen LogP contribution in [0.1, 0.15) is 91.9 Å². The second-order valence-electron chi connectivity index (χ2n) is 11.5. The molecule has 4 rings (SSSR count). The monoisotopic (exact) mass is 564 g/mol. The Kier molecular flexibility index (Phi) is 14.2. The summed E-state index contributed by atoms with van der Waals surface area (Å²) in [5, 5.41) is 0. The van der Waals surface area contributed by atoms with Crippen LogP contribution >= 0.6 is 10.1 Å². The van der Waals surface area contributed by atoms with Gasteiger partial charge >= 0.3 is 25.2 Å². The van der Waals surface area contributed by atoms with Crippen LogP contribution in [0, 0.1) is 50.3 Å². The van der Waals surface area contributed by atoms with E-state index >= 15 is 0 Å². The van der Waals surface area contributed by atoms with Gasteiger partial charge in [0.2, 0.25) is 0 Å². The van der Waals surface area contributed by atoms with Crippen molar-refractivity contribution >= 4 is 22.2 Å². The third kappa shape index (κ3) is 6.96. The maximum atomic E-state index is 11.7. The Morgan fingerprint density at radius 2 is 1.34 bits per heavy atom. The molecule has 0 spiro atoms. The standard InChI is InChI=1S/C14H24O2.C13H22O2.ClH.Cu.O2/c1-10(9-15)11-6-7-12-13(16-3)5-4-8-14(11,12)2;1-9(14)10-6-7-11-12(15-3)5-4-8-13(10,11)2;;;1-2/h9-13H,4-8H2,1-3H3;10-12H,4-8H2,1-3H3;1H;;/q;;;+1;/p-1/t10-,11?,12?,13?,14?;;;;/m0..../s1. The first-order valence-corrected chi connectivity index (χ1v) is 14.3. The molecule has 0 N–H and O–H groups in total. The van der Waals surface area contributed by atoms with Gasteiger partial charge in [0.15, 0.2) is 0 Å². The third-order valence-electron chi connectivity index (χ3n) is 10.1. The fourth-order valence-corrected chi connectivity index (χ4v) is 8.47. The quantitative estimate of drug-likeness (QED) is 0.275. The molecule has 0 radical (unpaired) electrons. The molecule has 4 fully saturated rings. The predicted molar refractivity (Wildman–Crippen MR) is 136 cm³/mol. The van der Waals surface area contributed by atoms with Crippen molar-refractivity contribution in [2.75, 3.05) is 14.2 Å². The van der Waals surface area contributed by atoms with Crippen LogP contribution in [0.5, 0.6) is 0 Å². The van der Waals surface area contributed by atoms with Crippen molar-refractivity contribution in [1.29, 1.82) is 0 Å². The Balaban J connectivity index is 0.000000307. The summed E-state index contributed by atoms with van der Waals surface area (Å²) in [5.41, 5.74) is 0.573. The van der Waals surface area contributed by atoms with Gasteiger partial charge in [-0.3, -0.25) is 4.79 Å². The molecule has 9 atom stereocenters. The summed E-state index contributed by atoms with van der Waals surface area (Å²) in [6.45, 7) is 8.54. The first kappa shape index (κ1) is 32.7. The van der Waals surface area contributed by atoms with Gasteiger partial charge < -0.3 is 14.3 Å². The van der Waals surface area contributed by atoms with Crippen molar-refractivity contribution in [1.82, 2.24) is 0 Å². The van der Waals surface area contributed by atoms with Gasteiger partial charge in [0, 0.05) is 36.0 Å².